The van der Waals surface area contributed by atoms with E-state index in [-0.39, 0.29) is 11.6 Å². The summed E-state index contributed by atoms with van der Waals surface area (Å²) in [5.41, 5.74) is 1.57. The number of nitrogens with one attached hydrogen (secondary N) is 1. The molecule has 0 bridgehead atoms. The largest absolute Gasteiger partial charge is 0.478 e. The summed E-state index contributed by atoms with van der Waals surface area (Å²) in [6.07, 6.45) is 1.31. The lowest BCUT2D eigenvalue weighted by atomic mass is 10.1. The molecule has 20 heavy (non-hydrogen) atoms. The smallest absolute Gasteiger partial charge is 0.339 e. The molecule has 0 aliphatic rings. The highest BCUT2D eigenvalue weighted by molar-refractivity contribution is 6.30. The van der Waals surface area contributed by atoms with Crippen molar-refractivity contribution in [2.75, 3.05) is 5.32 Å². The summed E-state index contributed by atoms with van der Waals surface area (Å²) in [4.78, 5) is 19.1. The lowest BCUT2D eigenvalue weighted by molar-refractivity contribution is 0.0695. The van der Waals surface area contributed by atoms with Crippen LogP contribution in [0.1, 0.15) is 34.6 Å². The lowest BCUT2D eigenvalue weighted by Crippen LogP contribution is -2.11. The first-order chi connectivity index (χ1) is 9.47. The summed E-state index contributed by atoms with van der Waals surface area (Å²) in [6, 6.07) is 7.45. The molecule has 1 heterocycles. The van der Waals surface area contributed by atoms with E-state index in [0.29, 0.717) is 16.7 Å². The predicted octanol–water partition coefficient (Wildman–Crippen LogP) is 3.31. The van der Waals surface area contributed by atoms with Crippen LogP contribution in [0.3, 0.4) is 0 Å². The van der Waals surface area contributed by atoms with Gasteiger partial charge < -0.3 is 10.4 Å². The molecule has 104 valence electrons. The Morgan fingerprint density at radius 2 is 2.00 bits per heavy atom. The average Bonchev–Trinajstić information content (AvgIpc) is 2.39. The summed E-state index contributed by atoms with van der Waals surface area (Å²) >= 11 is 5.84. The minimum Gasteiger partial charge on any atom is -0.478 e. The lowest BCUT2D eigenvalue weighted by Gasteiger charge is -2.14. The van der Waals surface area contributed by atoms with Crippen LogP contribution in [0, 0.1) is 6.92 Å². The molecule has 0 aliphatic heterocycles. The molecule has 0 amide bonds. The third kappa shape index (κ3) is 3.24. The van der Waals surface area contributed by atoms with Crippen LogP contribution >= 0.6 is 11.6 Å². The summed E-state index contributed by atoms with van der Waals surface area (Å²) in [5.74, 6) is -0.630. The Hall–Kier alpha value is -2.14. The third-order valence-corrected chi connectivity index (χ3v) is 3.18. The van der Waals surface area contributed by atoms with Gasteiger partial charge in [0, 0.05) is 11.2 Å². The Morgan fingerprint density at radius 3 is 2.55 bits per heavy atom. The highest BCUT2D eigenvalue weighted by atomic mass is 35.5. The molecule has 0 spiro atoms. The molecule has 6 heteroatoms. The van der Waals surface area contributed by atoms with Crippen molar-refractivity contribution in [1.82, 2.24) is 9.97 Å². The van der Waals surface area contributed by atoms with Gasteiger partial charge in [-0.25, -0.2) is 14.8 Å². The van der Waals surface area contributed by atoms with Crippen molar-refractivity contribution < 1.29 is 9.90 Å². The summed E-state index contributed by atoms with van der Waals surface area (Å²) in [7, 11) is 0. The number of nitrogens with zero attached hydrogens (tertiary/aromatic N) is 2. The number of aryl methyl sites for hydroxylation is 1. The fourth-order valence-electron chi connectivity index (χ4n) is 1.78. The molecule has 1 aromatic heterocycles. The molecule has 1 aromatic carbocycles. The van der Waals surface area contributed by atoms with Crippen molar-refractivity contribution >= 4 is 23.5 Å². The van der Waals surface area contributed by atoms with Crippen LogP contribution in [0.2, 0.25) is 5.02 Å². The van der Waals surface area contributed by atoms with E-state index in [4.69, 9.17) is 16.7 Å². The van der Waals surface area contributed by atoms with Crippen LogP contribution in [0.5, 0.6) is 0 Å². The second-order valence-electron chi connectivity index (χ2n) is 4.42. The fourth-order valence-corrected chi connectivity index (χ4v) is 1.90. The first-order valence-electron chi connectivity index (χ1n) is 6.06. The average molecular weight is 292 g/mol. The van der Waals surface area contributed by atoms with Crippen LogP contribution in [0.4, 0.5) is 5.95 Å². The van der Waals surface area contributed by atoms with Gasteiger partial charge in [-0.05, 0) is 31.5 Å². The van der Waals surface area contributed by atoms with Crippen molar-refractivity contribution in [3.05, 3.63) is 52.3 Å². The number of carbonyl (C=O) groups is 1. The molecule has 0 saturated heterocycles. The number of carboxylic acid groups (broad SMARTS) is 1. The number of aromatic carboxylic acids is 1. The van der Waals surface area contributed by atoms with Crippen molar-refractivity contribution in [3.63, 3.8) is 0 Å². The van der Waals surface area contributed by atoms with E-state index in [1.807, 2.05) is 31.2 Å². The Labute approximate surface area is 121 Å². The van der Waals surface area contributed by atoms with Gasteiger partial charge in [0.2, 0.25) is 5.95 Å². The van der Waals surface area contributed by atoms with Gasteiger partial charge in [-0.3, -0.25) is 0 Å². The number of halogens is 1. The quantitative estimate of drug-likeness (QED) is 0.904. The molecular formula is C14H14ClN3O2. The van der Waals surface area contributed by atoms with Gasteiger partial charge in [-0.2, -0.15) is 0 Å². The van der Waals surface area contributed by atoms with Crippen molar-refractivity contribution in [2.24, 2.45) is 0 Å². The third-order valence-electron chi connectivity index (χ3n) is 2.93. The minimum absolute atomic E-state index is 0.0117. The first-order valence-corrected chi connectivity index (χ1v) is 6.44. The fraction of sp³-hybridized carbons (Fsp3) is 0.214. The highest BCUT2D eigenvalue weighted by Crippen LogP contribution is 2.19. The molecule has 1 unspecified atom stereocenters. The molecule has 0 fully saturated rings. The second kappa shape index (κ2) is 5.88. The Balaban J connectivity index is 2.15. The Kier molecular flexibility index (Phi) is 4.20. The Bertz CT molecular complexity index is 629. The van der Waals surface area contributed by atoms with Gasteiger partial charge in [0.1, 0.15) is 0 Å². The van der Waals surface area contributed by atoms with Gasteiger partial charge in [0.15, 0.2) is 0 Å². The van der Waals surface area contributed by atoms with Crippen LogP contribution < -0.4 is 5.32 Å². The Morgan fingerprint density at radius 1 is 1.35 bits per heavy atom. The van der Waals surface area contributed by atoms with Crippen molar-refractivity contribution in [2.45, 2.75) is 19.9 Å². The highest BCUT2D eigenvalue weighted by Gasteiger charge is 2.12. The summed E-state index contributed by atoms with van der Waals surface area (Å²) in [5, 5.41) is 12.7. The van der Waals surface area contributed by atoms with E-state index in [1.54, 1.807) is 6.92 Å². The summed E-state index contributed by atoms with van der Waals surface area (Å²) in [6.45, 7) is 3.61. The maximum Gasteiger partial charge on any atom is 0.339 e. The molecule has 2 rings (SSSR count). The number of anilines is 1. The molecule has 0 saturated carbocycles. The normalized spacial score (nSPS) is 11.9. The van der Waals surface area contributed by atoms with E-state index in [1.165, 1.54) is 6.20 Å². The number of hydrogen-bond acceptors (Lipinski definition) is 4. The van der Waals surface area contributed by atoms with Gasteiger partial charge >= 0.3 is 5.97 Å². The number of hydrogen-bond donors (Lipinski definition) is 2. The van der Waals surface area contributed by atoms with E-state index in [0.717, 1.165) is 5.56 Å². The molecular weight excluding hydrogens is 278 g/mol. The molecule has 2 aromatic rings. The summed E-state index contributed by atoms with van der Waals surface area (Å²) < 4.78 is 0. The van der Waals surface area contributed by atoms with E-state index >= 15 is 0 Å². The van der Waals surface area contributed by atoms with Gasteiger partial charge in [-0.15, -0.1) is 0 Å². The second-order valence-corrected chi connectivity index (χ2v) is 4.85. The molecule has 1 atom stereocenters. The SMILES string of the molecule is Cc1nc(NC(C)c2ccc(Cl)cc2)ncc1C(=O)O. The molecule has 0 radical (unpaired) electrons. The number of aromatic nitrogens is 2. The van der Waals surface area contributed by atoms with Crippen LogP contribution in [0.15, 0.2) is 30.5 Å². The van der Waals surface area contributed by atoms with Crippen molar-refractivity contribution in [3.8, 4) is 0 Å². The van der Waals surface area contributed by atoms with Crippen molar-refractivity contribution in [1.29, 1.82) is 0 Å². The van der Waals surface area contributed by atoms with Gasteiger partial charge in [-0.1, -0.05) is 23.7 Å². The minimum atomic E-state index is -1.03. The van der Waals surface area contributed by atoms with E-state index < -0.39 is 5.97 Å². The van der Waals surface area contributed by atoms with E-state index in [9.17, 15) is 4.79 Å². The zero-order valence-corrected chi connectivity index (χ0v) is 11.8. The maximum absolute atomic E-state index is 10.9. The first kappa shape index (κ1) is 14.3. The van der Waals surface area contributed by atoms with Crippen LogP contribution in [-0.4, -0.2) is 21.0 Å². The predicted molar refractivity (Wildman–Crippen MR) is 77.2 cm³/mol. The standard InChI is InChI=1S/C14H14ClN3O2/c1-8(10-3-5-11(15)6-4-10)17-14-16-7-12(13(19)20)9(2)18-14/h3-8H,1-2H3,(H,19,20)(H,16,17,18). The van der Waals surface area contributed by atoms with Gasteiger partial charge in [0.05, 0.1) is 17.3 Å². The van der Waals surface area contributed by atoms with E-state index in [2.05, 4.69) is 15.3 Å². The number of carboxylic acids is 1. The van der Waals surface area contributed by atoms with Crippen LogP contribution in [-0.2, 0) is 0 Å². The number of rotatable bonds is 4. The zero-order chi connectivity index (χ0) is 14.7. The molecule has 2 N–H and O–H groups in total. The topological polar surface area (TPSA) is 75.1 Å². The van der Waals surface area contributed by atoms with Crippen LogP contribution in [0.25, 0.3) is 0 Å². The number of benzene rings is 1. The molecule has 0 aliphatic carbocycles. The molecule has 5 nitrogen and oxygen atoms in total. The van der Waals surface area contributed by atoms with Gasteiger partial charge in [0.25, 0.3) is 0 Å². The maximum atomic E-state index is 10.9. The monoisotopic (exact) mass is 291 g/mol. The zero-order valence-electron chi connectivity index (χ0n) is 11.1.